The average molecular weight is 367 g/mol. The van der Waals surface area contributed by atoms with Gasteiger partial charge >= 0.3 is 0 Å². The number of carbonyl (C=O) groups is 1. The van der Waals surface area contributed by atoms with E-state index in [1.54, 1.807) is 0 Å². The molecule has 0 atom stereocenters. The lowest BCUT2D eigenvalue weighted by Gasteiger charge is -1.99. The van der Waals surface area contributed by atoms with Crippen LogP contribution in [0.15, 0.2) is 23.7 Å². The summed E-state index contributed by atoms with van der Waals surface area (Å²) in [4.78, 5) is 17.2. The average Bonchev–Trinajstić information content (AvgIpc) is 3.03. The number of aromatic nitrogens is 1. The molecule has 3 heterocycles. The van der Waals surface area contributed by atoms with Crippen LogP contribution in [0.3, 0.4) is 0 Å². The van der Waals surface area contributed by atoms with Crippen LogP contribution in [0.25, 0.3) is 20.5 Å². The minimum absolute atomic E-state index is 0.0127. The van der Waals surface area contributed by atoms with E-state index in [4.69, 9.17) is 11.5 Å². The zero-order chi connectivity index (χ0) is 16.8. The summed E-state index contributed by atoms with van der Waals surface area (Å²) in [7, 11) is -3.07. The molecule has 4 N–H and O–H groups in total. The van der Waals surface area contributed by atoms with Crippen LogP contribution in [0.5, 0.6) is 0 Å². The summed E-state index contributed by atoms with van der Waals surface area (Å²) in [5.41, 5.74) is 12.5. The van der Waals surface area contributed by atoms with Gasteiger partial charge in [-0.15, -0.1) is 22.7 Å². The van der Waals surface area contributed by atoms with Crippen molar-refractivity contribution in [3.05, 3.63) is 34.2 Å². The number of nitrogens with two attached hydrogens (primary N) is 2. The number of hydrogen-bond acceptors (Lipinski definition) is 7. The molecule has 0 aliphatic heterocycles. The van der Waals surface area contributed by atoms with Gasteiger partial charge in [0.15, 0.2) is 9.84 Å². The predicted octanol–water partition coefficient (Wildman–Crippen LogP) is 2.25. The second-order valence-electron chi connectivity index (χ2n) is 5.15. The SMILES string of the molecule is CS(=O)(=O)Cc1cc(-c2cc3c(N)ncc(C(N)=O)c3s2)cs1. The number of anilines is 1. The summed E-state index contributed by atoms with van der Waals surface area (Å²) >= 11 is 2.77. The van der Waals surface area contributed by atoms with Gasteiger partial charge in [0.2, 0.25) is 0 Å². The lowest BCUT2D eigenvalue weighted by atomic mass is 10.2. The number of nitrogen functional groups attached to an aromatic ring is 1. The van der Waals surface area contributed by atoms with Gasteiger partial charge in [-0.2, -0.15) is 0 Å². The molecule has 0 bridgehead atoms. The summed E-state index contributed by atoms with van der Waals surface area (Å²) in [5, 5.41) is 2.57. The molecular weight excluding hydrogens is 354 g/mol. The number of thiophene rings is 2. The normalized spacial score (nSPS) is 11.9. The number of hydrogen-bond donors (Lipinski definition) is 2. The Morgan fingerprint density at radius 2 is 2.09 bits per heavy atom. The first-order valence-electron chi connectivity index (χ1n) is 6.48. The molecule has 1 amide bonds. The van der Waals surface area contributed by atoms with Crippen molar-refractivity contribution in [2.45, 2.75) is 5.75 Å². The lowest BCUT2D eigenvalue weighted by Crippen LogP contribution is -2.11. The Bertz CT molecular complexity index is 1020. The van der Waals surface area contributed by atoms with Gasteiger partial charge in [-0.3, -0.25) is 4.79 Å². The van der Waals surface area contributed by atoms with E-state index in [1.807, 2.05) is 17.5 Å². The Hall–Kier alpha value is -1.97. The second kappa shape index (κ2) is 5.59. The van der Waals surface area contributed by atoms with E-state index in [1.165, 1.54) is 35.1 Å². The molecule has 6 nitrogen and oxygen atoms in total. The topological polar surface area (TPSA) is 116 Å². The van der Waals surface area contributed by atoms with Crippen molar-refractivity contribution < 1.29 is 13.2 Å². The Balaban J connectivity index is 2.09. The largest absolute Gasteiger partial charge is 0.383 e. The van der Waals surface area contributed by atoms with E-state index < -0.39 is 15.7 Å². The molecule has 9 heteroatoms. The Kier molecular flexibility index (Phi) is 3.86. The van der Waals surface area contributed by atoms with Gasteiger partial charge in [0.05, 0.1) is 16.0 Å². The zero-order valence-electron chi connectivity index (χ0n) is 12.1. The first-order chi connectivity index (χ1) is 10.7. The van der Waals surface area contributed by atoms with Gasteiger partial charge < -0.3 is 11.5 Å². The van der Waals surface area contributed by atoms with Crippen molar-refractivity contribution in [3.8, 4) is 10.4 Å². The monoisotopic (exact) mass is 367 g/mol. The van der Waals surface area contributed by atoms with Crippen LogP contribution < -0.4 is 11.5 Å². The fourth-order valence-electron chi connectivity index (χ4n) is 2.21. The lowest BCUT2D eigenvalue weighted by molar-refractivity contribution is 0.100. The van der Waals surface area contributed by atoms with Crippen molar-refractivity contribution in [3.63, 3.8) is 0 Å². The first kappa shape index (κ1) is 15.9. The first-order valence-corrected chi connectivity index (χ1v) is 10.2. The third-order valence-electron chi connectivity index (χ3n) is 3.19. The van der Waals surface area contributed by atoms with Crippen LogP contribution in [0.1, 0.15) is 15.2 Å². The molecule has 0 aromatic carbocycles. The van der Waals surface area contributed by atoms with Gasteiger partial charge in [-0.05, 0) is 17.5 Å². The molecule has 120 valence electrons. The number of primary amides is 1. The fourth-order valence-corrected chi connectivity index (χ4v) is 5.63. The highest BCUT2D eigenvalue weighted by Gasteiger charge is 2.16. The fraction of sp³-hybridized carbons (Fsp3) is 0.143. The minimum atomic E-state index is -3.07. The van der Waals surface area contributed by atoms with Crippen LogP contribution in [0.2, 0.25) is 0 Å². The highest BCUT2D eigenvalue weighted by Crippen LogP contribution is 2.39. The van der Waals surface area contributed by atoms with Crippen LogP contribution in [0.4, 0.5) is 5.82 Å². The molecule has 0 saturated heterocycles. The predicted molar refractivity (Wildman–Crippen MR) is 94.4 cm³/mol. The molecule has 0 unspecified atom stereocenters. The van der Waals surface area contributed by atoms with Crippen molar-refractivity contribution in [2.75, 3.05) is 12.0 Å². The van der Waals surface area contributed by atoms with E-state index in [0.717, 1.165) is 15.3 Å². The van der Waals surface area contributed by atoms with Gasteiger partial charge in [0.1, 0.15) is 5.82 Å². The molecule has 0 aliphatic carbocycles. The smallest absolute Gasteiger partial charge is 0.251 e. The molecule has 0 saturated carbocycles. The van der Waals surface area contributed by atoms with Crippen LogP contribution in [0, 0.1) is 0 Å². The molecule has 3 aromatic heterocycles. The van der Waals surface area contributed by atoms with E-state index in [9.17, 15) is 13.2 Å². The molecule has 3 aromatic rings. The summed E-state index contributed by atoms with van der Waals surface area (Å²) < 4.78 is 23.5. The zero-order valence-corrected chi connectivity index (χ0v) is 14.5. The van der Waals surface area contributed by atoms with E-state index in [0.29, 0.717) is 21.5 Å². The number of amides is 1. The molecule has 3 rings (SSSR count). The maximum absolute atomic E-state index is 11.5. The van der Waals surface area contributed by atoms with Gasteiger partial charge in [-0.1, -0.05) is 0 Å². The summed E-state index contributed by atoms with van der Waals surface area (Å²) in [6.45, 7) is 0. The molecular formula is C14H13N3O3S3. The number of fused-ring (bicyclic) bond motifs is 1. The Labute approximate surface area is 140 Å². The van der Waals surface area contributed by atoms with Crippen LogP contribution >= 0.6 is 22.7 Å². The van der Waals surface area contributed by atoms with E-state index >= 15 is 0 Å². The van der Waals surface area contributed by atoms with E-state index in [-0.39, 0.29) is 5.75 Å². The number of sulfone groups is 1. The number of nitrogens with zero attached hydrogens (tertiary/aromatic N) is 1. The number of pyridine rings is 1. The van der Waals surface area contributed by atoms with Gasteiger partial charge in [0, 0.05) is 33.2 Å². The van der Waals surface area contributed by atoms with Crippen molar-refractivity contribution in [2.24, 2.45) is 5.73 Å². The van der Waals surface area contributed by atoms with Crippen molar-refractivity contribution in [1.82, 2.24) is 4.98 Å². The maximum atomic E-state index is 11.5. The van der Waals surface area contributed by atoms with Crippen LogP contribution in [-0.4, -0.2) is 25.6 Å². The molecule has 0 aliphatic rings. The minimum Gasteiger partial charge on any atom is -0.383 e. The second-order valence-corrected chi connectivity index (χ2v) is 9.33. The third kappa shape index (κ3) is 3.21. The highest BCUT2D eigenvalue weighted by molar-refractivity contribution is 7.90. The summed E-state index contributed by atoms with van der Waals surface area (Å²) in [6, 6.07) is 3.69. The van der Waals surface area contributed by atoms with Crippen molar-refractivity contribution in [1.29, 1.82) is 0 Å². The maximum Gasteiger partial charge on any atom is 0.251 e. The summed E-state index contributed by atoms with van der Waals surface area (Å²) in [6.07, 6.45) is 2.58. The summed E-state index contributed by atoms with van der Waals surface area (Å²) in [5.74, 6) is -0.211. The Morgan fingerprint density at radius 1 is 1.35 bits per heavy atom. The van der Waals surface area contributed by atoms with Gasteiger partial charge in [-0.25, -0.2) is 13.4 Å². The third-order valence-corrected chi connectivity index (χ3v) is 6.37. The molecule has 23 heavy (non-hydrogen) atoms. The molecule has 0 fully saturated rings. The standard InChI is InChI=1S/C14H13N3O3S3/c1-23(19,20)6-8-2-7(5-21-8)11-3-9-12(22-11)10(14(16)18)4-17-13(9)15/h2-5H,6H2,1H3,(H2,15,17)(H2,16,18). The number of carbonyl (C=O) groups excluding carboxylic acids is 1. The molecule has 0 radical (unpaired) electrons. The van der Waals surface area contributed by atoms with E-state index in [2.05, 4.69) is 4.98 Å². The quantitative estimate of drug-likeness (QED) is 0.733. The molecule has 0 spiro atoms. The van der Waals surface area contributed by atoms with Crippen molar-refractivity contribution >= 4 is 54.3 Å². The number of rotatable bonds is 4. The Morgan fingerprint density at radius 3 is 2.74 bits per heavy atom. The van der Waals surface area contributed by atoms with Crippen LogP contribution in [-0.2, 0) is 15.6 Å². The highest BCUT2D eigenvalue weighted by atomic mass is 32.2. The van der Waals surface area contributed by atoms with Gasteiger partial charge in [0.25, 0.3) is 5.91 Å².